The van der Waals surface area contributed by atoms with E-state index in [4.69, 9.17) is 4.74 Å². The van der Waals surface area contributed by atoms with Crippen LogP contribution in [0.15, 0.2) is 47.5 Å². The zero-order chi connectivity index (χ0) is 21.1. The summed E-state index contributed by atoms with van der Waals surface area (Å²) >= 11 is 2.74. The number of rotatable bonds is 6. The van der Waals surface area contributed by atoms with Crippen LogP contribution in [0.25, 0.3) is 20.4 Å². The molecule has 7 nitrogen and oxygen atoms in total. The predicted molar refractivity (Wildman–Crippen MR) is 120 cm³/mol. The van der Waals surface area contributed by atoms with Crippen molar-refractivity contribution >= 4 is 60.6 Å². The fourth-order valence-electron chi connectivity index (χ4n) is 3.05. The number of hydrogen-bond acceptors (Lipinski definition) is 6. The molecule has 0 aliphatic rings. The Morgan fingerprint density at radius 1 is 1.17 bits per heavy atom. The van der Waals surface area contributed by atoms with E-state index in [1.165, 1.54) is 29.6 Å². The van der Waals surface area contributed by atoms with Crippen molar-refractivity contribution in [2.75, 3.05) is 18.5 Å². The van der Waals surface area contributed by atoms with Gasteiger partial charge in [-0.3, -0.25) is 9.59 Å². The van der Waals surface area contributed by atoms with E-state index in [0.29, 0.717) is 35.3 Å². The van der Waals surface area contributed by atoms with E-state index in [2.05, 4.69) is 15.3 Å². The molecule has 2 aromatic carbocycles. The van der Waals surface area contributed by atoms with Crippen molar-refractivity contribution in [1.29, 1.82) is 0 Å². The van der Waals surface area contributed by atoms with E-state index in [1.54, 1.807) is 0 Å². The molecular formula is C21H20N4O3S2. The van der Waals surface area contributed by atoms with Gasteiger partial charge in [-0.15, -0.1) is 11.3 Å². The Kier molecular flexibility index (Phi) is 6.03. The van der Waals surface area contributed by atoms with Crippen LogP contribution in [0.3, 0.4) is 0 Å². The highest BCUT2D eigenvalue weighted by molar-refractivity contribution is 7.20. The number of thiazole rings is 2. The molecule has 2 amide bonds. The molecule has 0 unspecified atom stereocenters. The second-order valence-corrected chi connectivity index (χ2v) is 8.54. The van der Waals surface area contributed by atoms with Crippen molar-refractivity contribution in [2.24, 2.45) is 4.99 Å². The lowest BCUT2D eigenvalue weighted by Gasteiger charge is -2.06. The number of ether oxygens (including phenoxy) is 1. The number of carbonyl (C=O) groups is 2. The standard InChI is InChI=1S/C21H20N4O3S2/c1-3-28-11-10-25-16-9-8-14(22-13(2)26)12-18(16)30-21(25)24-19(27)20-23-15-6-4-5-7-17(15)29-20/h4-9,12H,3,10-11H2,1-2H3,(H,22,26). The van der Waals surface area contributed by atoms with Gasteiger partial charge in [0.25, 0.3) is 0 Å². The van der Waals surface area contributed by atoms with Crippen LogP contribution in [0, 0.1) is 0 Å². The highest BCUT2D eigenvalue weighted by Crippen LogP contribution is 2.24. The Hall–Kier alpha value is -2.88. The lowest BCUT2D eigenvalue weighted by Crippen LogP contribution is -2.19. The summed E-state index contributed by atoms with van der Waals surface area (Å²) < 4.78 is 9.36. The fraction of sp³-hybridized carbons (Fsp3) is 0.238. The van der Waals surface area contributed by atoms with E-state index >= 15 is 0 Å². The quantitative estimate of drug-likeness (QED) is 0.459. The number of anilines is 1. The van der Waals surface area contributed by atoms with Crippen molar-refractivity contribution in [3.8, 4) is 0 Å². The van der Waals surface area contributed by atoms with Gasteiger partial charge in [-0.2, -0.15) is 4.99 Å². The van der Waals surface area contributed by atoms with Crippen LogP contribution >= 0.6 is 22.7 Å². The molecule has 0 saturated carbocycles. The van der Waals surface area contributed by atoms with Crippen LogP contribution in [0.5, 0.6) is 0 Å². The fourth-order valence-corrected chi connectivity index (χ4v) is 5.00. The summed E-state index contributed by atoms with van der Waals surface area (Å²) in [6, 6.07) is 13.3. The smallest absolute Gasteiger partial charge is 0.308 e. The molecule has 30 heavy (non-hydrogen) atoms. The van der Waals surface area contributed by atoms with Gasteiger partial charge in [0.2, 0.25) is 5.91 Å². The zero-order valence-corrected chi connectivity index (χ0v) is 18.2. The van der Waals surface area contributed by atoms with Crippen molar-refractivity contribution in [3.63, 3.8) is 0 Å². The topological polar surface area (TPSA) is 85.6 Å². The predicted octanol–water partition coefficient (Wildman–Crippen LogP) is 4.05. The molecular weight excluding hydrogens is 420 g/mol. The zero-order valence-electron chi connectivity index (χ0n) is 16.5. The average molecular weight is 441 g/mol. The number of carbonyl (C=O) groups excluding carboxylic acids is 2. The molecule has 0 spiro atoms. The highest BCUT2D eigenvalue weighted by atomic mass is 32.1. The van der Waals surface area contributed by atoms with Crippen LogP contribution in [0.4, 0.5) is 5.69 Å². The minimum absolute atomic E-state index is 0.133. The van der Waals surface area contributed by atoms with Crippen LogP contribution < -0.4 is 10.1 Å². The SMILES string of the molecule is CCOCCn1c(=NC(=O)c2nc3ccccc3s2)sc2cc(NC(C)=O)ccc21. The van der Waals surface area contributed by atoms with Gasteiger partial charge >= 0.3 is 5.91 Å². The molecule has 0 aliphatic carbocycles. The highest BCUT2D eigenvalue weighted by Gasteiger charge is 2.14. The van der Waals surface area contributed by atoms with Gasteiger partial charge in [-0.25, -0.2) is 4.98 Å². The van der Waals surface area contributed by atoms with E-state index in [-0.39, 0.29) is 11.8 Å². The number of benzene rings is 2. The van der Waals surface area contributed by atoms with Crippen molar-refractivity contribution in [3.05, 3.63) is 52.3 Å². The molecule has 4 rings (SSSR count). The Bertz CT molecular complexity index is 1270. The molecule has 2 heterocycles. The first-order chi connectivity index (χ1) is 14.5. The van der Waals surface area contributed by atoms with Crippen molar-refractivity contribution < 1.29 is 14.3 Å². The van der Waals surface area contributed by atoms with Crippen molar-refractivity contribution in [1.82, 2.24) is 9.55 Å². The Morgan fingerprint density at radius 3 is 2.77 bits per heavy atom. The summed E-state index contributed by atoms with van der Waals surface area (Å²) in [5, 5.41) is 3.15. The third-order valence-corrected chi connectivity index (χ3v) is 6.41. The number of fused-ring (bicyclic) bond motifs is 2. The Labute approximate surface area is 180 Å². The van der Waals surface area contributed by atoms with Crippen LogP contribution in [0.1, 0.15) is 23.6 Å². The van der Waals surface area contributed by atoms with Gasteiger partial charge in [0, 0.05) is 25.8 Å². The van der Waals surface area contributed by atoms with Crippen LogP contribution in [-0.4, -0.2) is 34.6 Å². The number of aromatic nitrogens is 2. The van der Waals surface area contributed by atoms with Gasteiger partial charge < -0.3 is 14.6 Å². The molecule has 0 fully saturated rings. The summed E-state index contributed by atoms with van der Waals surface area (Å²) in [7, 11) is 0. The molecule has 2 aromatic heterocycles. The van der Waals surface area contributed by atoms with Gasteiger partial charge in [0.1, 0.15) is 0 Å². The third-order valence-electron chi connectivity index (χ3n) is 4.34. The number of para-hydroxylation sites is 1. The molecule has 0 atom stereocenters. The number of hydrogen-bond donors (Lipinski definition) is 1. The molecule has 1 N–H and O–H groups in total. The van der Waals surface area contributed by atoms with Crippen molar-refractivity contribution in [2.45, 2.75) is 20.4 Å². The molecule has 0 aliphatic heterocycles. The van der Waals surface area contributed by atoms with Gasteiger partial charge in [-0.05, 0) is 37.3 Å². The molecule has 0 radical (unpaired) electrons. The molecule has 9 heteroatoms. The first-order valence-corrected chi connectivity index (χ1v) is 11.1. The van der Waals surface area contributed by atoms with Gasteiger partial charge in [0.15, 0.2) is 9.81 Å². The maximum atomic E-state index is 12.8. The summed E-state index contributed by atoms with van der Waals surface area (Å²) in [6.45, 7) is 5.11. The normalized spacial score (nSPS) is 12.0. The van der Waals surface area contributed by atoms with E-state index in [1.807, 2.05) is 54.0 Å². The van der Waals surface area contributed by atoms with Crippen LogP contribution in [0.2, 0.25) is 0 Å². The minimum atomic E-state index is -0.366. The molecule has 154 valence electrons. The molecule has 0 saturated heterocycles. The number of nitrogens with one attached hydrogen (secondary N) is 1. The summed E-state index contributed by atoms with van der Waals surface area (Å²) in [5.74, 6) is -0.499. The maximum absolute atomic E-state index is 12.8. The number of amides is 2. The second kappa shape index (κ2) is 8.86. The minimum Gasteiger partial charge on any atom is -0.380 e. The lowest BCUT2D eigenvalue weighted by molar-refractivity contribution is -0.114. The Morgan fingerprint density at radius 2 is 2.00 bits per heavy atom. The average Bonchev–Trinajstić information content (AvgIpc) is 3.29. The molecule has 0 bridgehead atoms. The summed E-state index contributed by atoms with van der Waals surface area (Å²) in [4.78, 5) is 33.6. The monoisotopic (exact) mass is 440 g/mol. The first-order valence-electron chi connectivity index (χ1n) is 9.48. The summed E-state index contributed by atoms with van der Waals surface area (Å²) in [6.07, 6.45) is 0. The number of nitrogens with zero attached hydrogens (tertiary/aromatic N) is 3. The first kappa shape index (κ1) is 20.4. The lowest BCUT2D eigenvalue weighted by atomic mass is 10.3. The summed E-state index contributed by atoms with van der Waals surface area (Å²) in [5.41, 5.74) is 2.43. The van der Waals surface area contributed by atoms with E-state index in [9.17, 15) is 9.59 Å². The van der Waals surface area contributed by atoms with E-state index in [0.717, 1.165) is 20.4 Å². The Balaban J connectivity index is 1.77. The van der Waals surface area contributed by atoms with Gasteiger partial charge in [-0.1, -0.05) is 23.5 Å². The van der Waals surface area contributed by atoms with E-state index < -0.39 is 0 Å². The largest absolute Gasteiger partial charge is 0.380 e. The third kappa shape index (κ3) is 4.33. The van der Waals surface area contributed by atoms with Crippen LogP contribution in [-0.2, 0) is 16.1 Å². The molecule has 4 aromatic rings. The second-order valence-electron chi connectivity index (χ2n) is 6.50. The maximum Gasteiger partial charge on any atom is 0.308 e. The van der Waals surface area contributed by atoms with Gasteiger partial charge in [0.05, 0.1) is 27.0 Å².